The quantitative estimate of drug-likeness (QED) is 0.775. The van der Waals surface area contributed by atoms with Crippen LogP contribution in [0.2, 0.25) is 0 Å². The standard InChI is InChI=1S/C18H32N4/c1-3-5-6-16(19)15-20-17-7-9-18(10-8-17)22-13-11-21(4-2)12-14-22/h7-10,16,20H,3-6,11-15,19H2,1-2H3. The summed E-state index contributed by atoms with van der Waals surface area (Å²) >= 11 is 0. The van der Waals surface area contributed by atoms with Gasteiger partial charge < -0.3 is 20.9 Å². The maximum Gasteiger partial charge on any atom is 0.0368 e. The summed E-state index contributed by atoms with van der Waals surface area (Å²) in [7, 11) is 0. The van der Waals surface area contributed by atoms with E-state index in [1.165, 1.54) is 37.3 Å². The Hall–Kier alpha value is -1.26. The average molecular weight is 304 g/mol. The van der Waals surface area contributed by atoms with E-state index in [4.69, 9.17) is 5.73 Å². The number of hydrogen-bond donors (Lipinski definition) is 2. The smallest absolute Gasteiger partial charge is 0.0368 e. The van der Waals surface area contributed by atoms with Crippen molar-refractivity contribution in [3.63, 3.8) is 0 Å². The predicted octanol–water partition coefficient (Wildman–Crippen LogP) is 2.76. The highest BCUT2D eigenvalue weighted by Crippen LogP contribution is 2.19. The van der Waals surface area contributed by atoms with Crippen molar-refractivity contribution in [1.29, 1.82) is 0 Å². The van der Waals surface area contributed by atoms with E-state index in [2.05, 4.69) is 53.2 Å². The minimum absolute atomic E-state index is 0.252. The Morgan fingerprint density at radius 3 is 2.36 bits per heavy atom. The highest BCUT2D eigenvalue weighted by Gasteiger charge is 2.15. The summed E-state index contributed by atoms with van der Waals surface area (Å²) in [5, 5.41) is 3.45. The zero-order valence-electron chi connectivity index (χ0n) is 14.2. The molecular formula is C18H32N4. The SMILES string of the molecule is CCCCC(N)CNc1ccc(N2CCN(CC)CC2)cc1. The van der Waals surface area contributed by atoms with Gasteiger partial charge in [0.1, 0.15) is 0 Å². The van der Waals surface area contributed by atoms with Crippen LogP contribution in [-0.4, -0.2) is 50.2 Å². The number of unbranched alkanes of at least 4 members (excludes halogenated alkanes) is 1. The molecular weight excluding hydrogens is 272 g/mol. The molecule has 3 N–H and O–H groups in total. The molecule has 124 valence electrons. The van der Waals surface area contributed by atoms with Crippen molar-refractivity contribution in [1.82, 2.24) is 4.90 Å². The number of nitrogens with two attached hydrogens (primary N) is 1. The number of anilines is 2. The van der Waals surface area contributed by atoms with E-state index in [0.29, 0.717) is 0 Å². The molecule has 0 spiro atoms. The number of nitrogens with one attached hydrogen (secondary N) is 1. The lowest BCUT2D eigenvalue weighted by Crippen LogP contribution is -2.46. The van der Waals surface area contributed by atoms with Gasteiger partial charge in [-0.3, -0.25) is 0 Å². The van der Waals surface area contributed by atoms with Crippen LogP contribution in [0.5, 0.6) is 0 Å². The predicted molar refractivity (Wildman–Crippen MR) is 96.8 cm³/mol. The van der Waals surface area contributed by atoms with E-state index < -0.39 is 0 Å². The van der Waals surface area contributed by atoms with Crippen LogP contribution in [0.15, 0.2) is 24.3 Å². The number of benzene rings is 1. The molecule has 0 bridgehead atoms. The third-order valence-corrected chi connectivity index (χ3v) is 4.55. The molecule has 22 heavy (non-hydrogen) atoms. The monoisotopic (exact) mass is 304 g/mol. The van der Waals surface area contributed by atoms with Crippen LogP contribution < -0.4 is 16.0 Å². The first-order chi connectivity index (χ1) is 10.7. The third kappa shape index (κ3) is 5.18. The van der Waals surface area contributed by atoms with E-state index in [9.17, 15) is 0 Å². The first-order valence-electron chi connectivity index (χ1n) is 8.79. The van der Waals surface area contributed by atoms with E-state index in [1.54, 1.807) is 0 Å². The summed E-state index contributed by atoms with van der Waals surface area (Å²) in [6.45, 7) is 11.1. The maximum absolute atomic E-state index is 6.11. The second kappa shape index (κ2) is 9.01. The number of piperazine rings is 1. The summed E-state index contributed by atoms with van der Waals surface area (Å²) < 4.78 is 0. The Morgan fingerprint density at radius 2 is 1.77 bits per heavy atom. The zero-order valence-corrected chi connectivity index (χ0v) is 14.2. The van der Waals surface area contributed by atoms with E-state index in [0.717, 1.165) is 32.6 Å². The van der Waals surface area contributed by atoms with Crippen LogP contribution in [0, 0.1) is 0 Å². The second-order valence-electron chi connectivity index (χ2n) is 6.25. The van der Waals surface area contributed by atoms with Gasteiger partial charge in [-0.05, 0) is 37.2 Å². The molecule has 4 heteroatoms. The maximum atomic E-state index is 6.11. The molecule has 1 aromatic carbocycles. The number of likely N-dealkylation sites (N-methyl/N-ethyl adjacent to an activating group) is 1. The molecule has 1 saturated heterocycles. The molecule has 0 aliphatic carbocycles. The van der Waals surface area contributed by atoms with Crippen molar-refractivity contribution in [3.05, 3.63) is 24.3 Å². The lowest BCUT2D eigenvalue weighted by atomic mass is 10.1. The van der Waals surface area contributed by atoms with Crippen LogP contribution in [0.4, 0.5) is 11.4 Å². The lowest BCUT2D eigenvalue weighted by molar-refractivity contribution is 0.271. The topological polar surface area (TPSA) is 44.5 Å². The van der Waals surface area contributed by atoms with Crippen LogP contribution in [0.1, 0.15) is 33.1 Å². The second-order valence-corrected chi connectivity index (χ2v) is 6.25. The van der Waals surface area contributed by atoms with Gasteiger partial charge in [-0.2, -0.15) is 0 Å². The fourth-order valence-corrected chi connectivity index (χ4v) is 2.93. The van der Waals surface area contributed by atoms with Gasteiger partial charge in [0.05, 0.1) is 0 Å². The summed E-state index contributed by atoms with van der Waals surface area (Å²) in [6, 6.07) is 9.05. The minimum Gasteiger partial charge on any atom is -0.383 e. The molecule has 1 aliphatic heterocycles. The Morgan fingerprint density at radius 1 is 1.09 bits per heavy atom. The Kier molecular flexibility index (Phi) is 7.00. The molecule has 1 heterocycles. The highest BCUT2D eigenvalue weighted by molar-refractivity contribution is 5.55. The van der Waals surface area contributed by atoms with Crippen LogP contribution >= 0.6 is 0 Å². The van der Waals surface area contributed by atoms with Crippen molar-refractivity contribution >= 4 is 11.4 Å². The molecule has 1 atom stereocenters. The van der Waals surface area contributed by atoms with Gasteiger partial charge in [-0.1, -0.05) is 26.7 Å². The van der Waals surface area contributed by atoms with Crippen molar-refractivity contribution in [2.24, 2.45) is 5.73 Å². The molecule has 1 fully saturated rings. The minimum atomic E-state index is 0.252. The molecule has 1 unspecified atom stereocenters. The van der Waals surface area contributed by atoms with Crippen molar-refractivity contribution in [2.75, 3.05) is 49.5 Å². The fraction of sp³-hybridized carbons (Fsp3) is 0.667. The number of hydrogen-bond acceptors (Lipinski definition) is 4. The van der Waals surface area contributed by atoms with E-state index >= 15 is 0 Å². The van der Waals surface area contributed by atoms with Crippen LogP contribution in [0.25, 0.3) is 0 Å². The lowest BCUT2D eigenvalue weighted by Gasteiger charge is -2.35. The van der Waals surface area contributed by atoms with Crippen LogP contribution in [-0.2, 0) is 0 Å². The molecule has 1 aromatic rings. The third-order valence-electron chi connectivity index (χ3n) is 4.55. The van der Waals surface area contributed by atoms with Crippen molar-refractivity contribution in [2.45, 2.75) is 39.2 Å². The van der Waals surface area contributed by atoms with Gasteiger partial charge in [0.15, 0.2) is 0 Å². The molecule has 4 nitrogen and oxygen atoms in total. The van der Waals surface area contributed by atoms with Gasteiger partial charge in [0.2, 0.25) is 0 Å². The zero-order chi connectivity index (χ0) is 15.8. The van der Waals surface area contributed by atoms with Crippen molar-refractivity contribution < 1.29 is 0 Å². The molecule has 2 rings (SSSR count). The summed E-state index contributed by atoms with van der Waals surface area (Å²) in [5.41, 5.74) is 8.60. The highest BCUT2D eigenvalue weighted by atomic mass is 15.3. The first kappa shape index (κ1) is 17.1. The summed E-state index contributed by atoms with van der Waals surface area (Å²) in [6.07, 6.45) is 3.53. The Balaban J connectivity index is 1.78. The van der Waals surface area contributed by atoms with Crippen LogP contribution in [0.3, 0.4) is 0 Å². The Bertz CT molecular complexity index is 410. The molecule has 0 amide bonds. The summed E-state index contributed by atoms with van der Waals surface area (Å²) in [4.78, 5) is 4.98. The Labute approximate surface area is 135 Å². The van der Waals surface area contributed by atoms with Crippen molar-refractivity contribution in [3.8, 4) is 0 Å². The number of nitrogens with zero attached hydrogens (tertiary/aromatic N) is 2. The fourth-order valence-electron chi connectivity index (χ4n) is 2.93. The van der Waals surface area contributed by atoms with Gasteiger partial charge >= 0.3 is 0 Å². The summed E-state index contributed by atoms with van der Waals surface area (Å²) in [5.74, 6) is 0. The van der Waals surface area contributed by atoms with Gasteiger partial charge in [-0.25, -0.2) is 0 Å². The average Bonchev–Trinajstić information content (AvgIpc) is 2.58. The van der Waals surface area contributed by atoms with Gasteiger partial charge in [0, 0.05) is 50.1 Å². The number of rotatable bonds is 8. The molecule has 0 radical (unpaired) electrons. The largest absolute Gasteiger partial charge is 0.383 e. The molecule has 1 aliphatic rings. The first-order valence-corrected chi connectivity index (χ1v) is 8.79. The van der Waals surface area contributed by atoms with Gasteiger partial charge in [-0.15, -0.1) is 0 Å². The van der Waals surface area contributed by atoms with Gasteiger partial charge in [0.25, 0.3) is 0 Å². The van der Waals surface area contributed by atoms with E-state index in [1.807, 2.05) is 0 Å². The molecule has 0 aromatic heterocycles. The molecule has 0 saturated carbocycles. The van der Waals surface area contributed by atoms with E-state index in [-0.39, 0.29) is 6.04 Å². The normalized spacial score (nSPS) is 17.5.